The molecule has 0 saturated carbocycles. The summed E-state index contributed by atoms with van der Waals surface area (Å²) in [4.78, 5) is 25.4. The molecule has 1 N–H and O–H groups in total. The normalized spacial score (nSPS) is 11.1. The molecule has 8 nitrogen and oxygen atoms in total. The molecule has 0 aliphatic carbocycles. The van der Waals surface area contributed by atoms with E-state index in [2.05, 4.69) is 15.5 Å². The standard InChI is InChI=1S/C25H21N5O3/c1-33-19-11-9-17(10-12-19)14-26-24(31)15-29-25(32)23-13-22(28-30(23)16-27-29)21-8-4-6-18-5-2-3-7-20(18)21/h2-13,16H,14-15H2,1H3,(H,26,31). The third kappa shape index (κ3) is 4.06. The van der Waals surface area contributed by atoms with Crippen molar-refractivity contribution in [1.29, 1.82) is 0 Å². The number of aromatic nitrogens is 4. The maximum absolute atomic E-state index is 13.0. The second kappa shape index (κ2) is 8.58. The molecule has 0 bridgehead atoms. The van der Waals surface area contributed by atoms with Crippen LogP contribution in [-0.2, 0) is 17.9 Å². The van der Waals surface area contributed by atoms with Crippen LogP contribution in [-0.4, -0.2) is 32.4 Å². The van der Waals surface area contributed by atoms with Gasteiger partial charge in [0.15, 0.2) is 0 Å². The minimum absolute atomic E-state index is 0.180. The highest BCUT2D eigenvalue weighted by Gasteiger charge is 2.13. The number of rotatable bonds is 6. The lowest BCUT2D eigenvalue weighted by Crippen LogP contribution is -2.34. The molecule has 33 heavy (non-hydrogen) atoms. The first kappa shape index (κ1) is 20.4. The third-order valence-corrected chi connectivity index (χ3v) is 5.50. The van der Waals surface area contributed by atoms with Gasteiger partial charge >= 0.3 is 0 Å². The molecule has 8 heteroatoms. The molecule has 0 unspecified atom stereocenters. The zero-order chi connectivity index (χ0) is 22.8. The zero-order valence-electron chi connectivity index (χ0n) is 17.9. The largest absolute Gasteiger partial charge is 0.497 e. The molecule has 0 atom stereocenters. The van der Waals surface area contributed by atoms with Gasteiger partial charge in [0.1, 0.15) is 24.1 Å². The Morgan fingerprint density at radius 1 is 1.03 bits per heavy atom. The van der Waals surface area contributed by atoms with Gasteiger partial charge in [-0.25, -0.2) is 9.20 Å². The molecule has 1 amide bonds. The van der Waals surface area contributed by atoms with Crippen LogP contribution in [0.25, 0.3) is 27.5 Å². The van der Waals surface area contributed by atoms with E-state index in [-0.39, 0.29) is 18.0 Å². The summed E-state index contributed by atoms with van der Waals surface area (Å²) < 4.78 is 7.73. The van der Waals surface area contributed by atoms with E-state index in [1.54, 1.807) is 13.2 Å². The Labute approximate surface area is 189 Å². The van der Waals surface area contributed by atoms with Crippen LogP contribution in [0.3, 0.4) is 0 Å². The van der Waals surface area contributed by atoms with E-state index in [0.29, 0.717) is 17.8 Å². The summed E-state index contributed by atoms with van der Waals surface area (Å²) in [5, 5.41) is 13.6. The Balaban J connectivity index is 1.37. The summed E-state index contributed by atoms with van der Waals surface area (Å²) >= 11 is 0. The smallest absolute Gasteiger partial charge is 0.293 e. The molecule has 5 rings (SSSR count). The zero-order valence-corrected chi connectivity index (χ0v) is 17.9. The third-order valence-electron chi connectivity index (χ3n) is 5.50. The van der Waals surface area contributed by atoms with Crippen LogP contribution in [0.5, 0.6) is 5.75 Å². The minimum atomic E-state index is -0.379. The molecular formula is C25H21N5O3. The Morgan fingerprint density at radius 3 is 2.64 bits per heavy atom. The summed E-state index contributed by atoms with van der Waals surface area (Å²) in [5.74, 6) is 0.441. The van der Waals surface area contributed by atoms with E-state index >= 15 is 0 Å². The molecule has 0 spiro atoms. The lowest BCUT2D eigenvalue weighted by Gasteiger charge is -2.07. The van der Waals surface area contributed by atoms with Crippen LogP contribution in [0.2, 0.25) is 0 Å². The summed E-state index contributed by atoms with van der Waals surface area (Å²) in [6.45, 7) is 0.165. The number of hydrogen-bond donors (Lipinski definition) is 1. The van der Waals surface area contributed by atoms with Gasteiger partial charge in [-0.3, -0.25) is 9.59 Å². The molecule has 164 valence electrons. The van der Waals surface area contributed by atoms with Crippen LogP contribution in [0.4, 0.5) is 0 Å². The highest BCUT2D eigenvalue weighted by Crippen LogP contribution is 2.27. The van der Waals surface area contributed by atoms with Gasteiger partial charge in [-0.2, -0.15) is 10.2 Å². The Morgan fingerprint density at radius 2 is 1.82 bits per heavy atom. The van der Waals surface area contributed by atoms with Crippen LogP contribution in [0.15, 0.2) is 83.9 Å². The number of nitrogens with zero attached hydrogens (tertiary/aromatic N) is 4. The van der Waals surface area contributed by atoms with Gasteiger partial charge in [0.2, 0.25) is 5.91 Å². The summed E-state index contributed by atoms with van der Waals surface area (Å²) in [6.07, 6.45) is 1.45. The SMILES string of the molecule is COc1ccc(CNC(=O)Cn2ncn3nc(-c4cccc5ccccc45)cc3c2=O)cc1. The lowest BCUT2D eigenvalue weighted by atomic mass is 10.0. The van der Waals surface area contributed by atoms with Gasteiger partial charge in [-0.15, -0.1) is 0 Å². The number of methoxy groups -OCH3 is 1. The van der Waals surface area contributed by atoms with Crippen LogP contribution >= 0.6 is 0 Å². The number of amides is 1. The molecule has 0 aliphatic heterocycles. The van der Waals surface area contributed by atoms with Crippen molar-refractivity contribution < 1.29 is 9.53 Å². The molecular weight excluding hydrogens is 418 g/mol. The fraction of sp³-hybridized carbons (Fsp3) is 0.120. The molecule has 5 aromatic rings. The number of ether oxygens (including phenoxy) is 1. The molecule has 0 radical (unpaired) electrons. The van der Waals surface area contributed by atoms with Crippen molar-refractivity contribution in [2.24, 2.45) is 0 Å². The highest BCUT2D eigenvalue weighted by atomic mass is 16.5. The molecule has 3 aromatic carbocycles. The van der Waals surface area contributed by atoms with E-state index < -0.39 is 0 Å². The van der Waals surface area contributed by atoms with Crippen molar-refractivity contribution in [2.45, 2.75) is 13.1 Å². The number of benzene rings is 3. The second-order valence-corrected chi connectivity index (χ2v) is 7.60. The lowest BCUT2D eigenvalue weighted by molar-refractivity contribution is -0.122. The highest BCUT2D eigenvalue weighted by molar-refractivity contribution is 5.96. The van der Waals surface area contributed by atoms with Crippen molar-refractivity contribution >= 4 is 22.2 Å². The van der Waals surface area contributed by atoms with Crippen molar-refractivity contribution in [3.8, 4) is 17.0 Å². The Bertz CT molecular complexity index is 1510. The number of hydrogen-bond acceptors (Lipinski definition) is 5. The molecule has 0 saturated heterocycles. The van der Waals surface area contributed by atoms with Crippen molar-refractivity contribution in [1.82, 2.24) is 24.7 Å². The monoisotopic (exact) mass is 439 g/mol. The quantitative estimate of drug-likeness (QED) is 0.439. The van der Waals surface area contributed by atoms with Gasteiger partial charge in [-0.1, -0.05) is 54.6 Å². The Hall–Kier alpha value is -4.46. The number of fused-ring (bicyclic) bond motifs is 2. The number of nitrogens with one attached hydrogen (secondary N) is 1. The topological polar surface area (TPSA) is 90.5 Å². The van der Waals surface area contributed by atoms with Crippen molar-refractivity contribution in [3.63, 3.8) is 0 Å². The van der Waals surface area contributed by atoms with E-state index in [0.717, 1.165) is 32.3 Å². The predicted molar refractivity (Wildman–Crippen MR) is 125 cm³/mol. The number of carbonyl (C=O) groups is 1. The van der Waals surface area contributed by atoms with Crippen molar-refractivity contribution in [3.05, 3.63) is 95.0 Å². The molecule has 0 fully saturated rings. The van der Waals surface area contributed by atoms with Crippen LogP contribution in [0.1, 0.15) is 5.56 Å². The van der Waals surface area contributed by atoms with Gasteiger partial charge < -0.3 is 10.1 Å². The van der Waals surface area contributed by atoms with Crippen LogP contribution < -0.4 is 15.6 Å². The van der Waals surface area contributed by atoms with E-state index in [9.17, 15) is 9.59 Å². The maximum atomic E-state index is 13.0. The molecule has 2 heterocycles. The maximum Gasteiger partial charge on any atom is 0.293 e. The summed E-state index contributed by atoms with van der Waals surface area (Å²) in [6, 6.07) is 23.1. The second-order valence-electron chi connectivity index (χ2n) is 7.60. The van der Waals surface area contributed by atoms with E-state index in [4.69, 9.17) is 4.74 Å². The molecule has 0 aliphatic rings. The fourth-order valence-electron chi connectivity index (χ4n) is 3.77. The van der Waals surface area contributed by atoms with Gasteiger partial charge in [0, 0.05) is 12.1 Å². The van der Waals surface area contributed by atoms with Gasteiger partial charge in [0.05, 0.1) is 12.8 Å². The number of carbonyl (C=O) groups excluding carboxylic acids is 1. The predicted octanol–water partition coefficient (Wildman–Crippen LogP) is 3.04. The van der Waals surface area contributed by atoms with E-state index in [1.807, 2.05) is 66.7 Å². The average molecular weight is 439 g/mol. The first-order valence-electron chi connectivity index (χ1n) is 10.5. The molecule has 2 aromatic heterocycles. The fourth-order valence-corrected chi connectivity index (χ4v) is 3.77. The van der Waals surface area contributed by atoms with Gasteiger partial charge in [0.25, 0.3) is 5.56 Å². The van der Waals surface area contributed by atoms with E-state index in [1.165, 1.54) is 10.8 Å². The Kier molecular flexibility index (Phi) is 5.32. The summed E-state index contributed by atoms with van der Waals surface area (Å²) in [5.41, 5.74) is 2.51. The van der Waals surface area contributed by atoms with Crippen LogP contribution in [0, 0.1) is 0 Å². The van der Waals surface area contributed by atoms with Crippen molar-refractivity contribution in [2.75, 3.05) is 7.11 Å². The first-order valence-corrected chi connectivity index (χ1v) is 10.5. The summed E-state index contributed by atoms with van der Waals surface area (Å²) in [7, 11) is 1.60. The van der Waals surface area contributed by atoms with Gasteiger partial charge in [-0.05, 0) is 34.5 Å². The average Bonchev–Trinajstić information content (AvgIpc) is 3.29. The first-order chi connectivity index (χ1) is 16.1. The minimum Gasteiger partial charge on any atom is -0.497 e.